The van der Waals surface area contributed by atoms with E-state index in [-0.39, 0.29) is 5.56 Å². The van der Waals surface area contributed by atoms with Gasteiger partial charge in [-0.3, -0.25) is 0 Å². The molecule has 0 fully saturated rings. The first-order valence-electron chi connectivity index (χ1n) is 4.76. The monoisotopic (exact) mass is 206 g/mol. The zero-order valence-corrected chi connectivity index (χ0v) is 8.69. The van der Waals surface area contributed by atoms with Gasteiger partial charge >= 0.3 is 5.97 Å². The summed E-state index contributed by atoms with van der Waals surface area (Å²) in [5.41, 5.74) is 1.21. The number of hydrogen-bond donors (Lipinski definition) is 1. The fourth-order valence-electron chi connectivity index (χ4n) is 1.01. The summed E-state index contributed by atoms with van der Waals surface area (Å²) < 4.78 is 5.39. The third-order valence-corrected chi connectivity index (χ3v) is 2.02. The van der Waals surface area contributed by atoms with Crippen molar-refractivity contribution in [1.82, 2.24) is 0 Å². The summed E-state index contributed by atoms with van der Waals surface area (Å²) in [6.45, 7) is 6.23. The smallest absolute Gasteiger partial charge is 0.335 e. The normalized spacial score (nSPS) is 9.67. The van der Waals surface area contributed by atoms with E-state index in [0.29, 0.717) is 12.4 Å². The number of carboxylic acid groups (broad SMARTS) is 1. The Bertz CT molecular complexity index is 369. The van der Waals surface area contributed by atoms with E-state index in [1.54, 1.807) is 12.1 Å². The lowest BCUT2D eigenvalue weighted by atomic mass is 10.2. The van der Waals surface area contributed by atoms with Gasteiger partial charge in [0.25, 0.3) is 0 Å². The van der Waals surface area contributed by atoms with Gasteiger partial charge in [0.2, 0.25) is 0 Å². The zero-order valence-electron chi connectivity index (χ0n) is 8.69. The van der Waals surface area contributed by atoms with Crippen LogP contribution in [-0.4, -0.2) is 17.7 Å². The first kappa shape index (κ1) is 11.3. The van der Waals surface area contributed by atoms with E-state index in [1.165, 1.54) is 12.1 Å². The van der Waals surface area contributed by atoms with Crippen molar-refractivity contribution < 1.29 is 14.6 Å². The van der Waals surface area contributed by atoms with Gasteiger partial charge in [-0.1, -0.05) is 19.6 Å². The third kappa shape index (κ3) is 3.46. The molecule has 80 valence electrons. The van der Waals surface area contributed by atoms with Crippen LogP contribution in [0.2, 0.25) is 0 Å². The van der Waals surface area contributed by atoms with Gasteiger partial charge in [0, 0.05) is 0 Å². The summed E-state index contributed by atoms with van der Waals surface area (Å²) in [6, 6.07) is 6.43. The van der Waals surface area contributed by atoms with Crippen molar-refractivity contribution in [3.05, 3.63) is 42.0 Å². The van der Waals surface area contributed by atoms with Gasteiger partial charge in [0.1, 0.15) is 12.4 Å². The fourth-order valence-corrected chi connectivity index (χ4v) is 1.01. The van der Waals surface area contributed by atoms with Crippen molar-refractivity contribution >= 4 is 5.97 Å². The Labute approximate surface area is 89.0 Å². The SMILES string of the molecule is C=C(CC)COc1cccc(C(=O)O)c1. The topological polar surface area (TPSA) is 46.5 Å². The van der Waals surface area contributed by atoms with Crippen molar-refractivity contribution in [2.24, 2.45) is 0 Å². The quantitative estimate of drug-likeness (QED) is 0.753. The Morgan fingerprint density at radius 3 is 2.87 bits per heavy atom. The minimum absolute atomic E-state index is 0.231. The molecule has 0 amide bonds. The van der Waals surface area contributed by atoms with Crippen LogP contribution in [0.5, 0.6) is 5.75 Å². The lowest BCUT2D eigenvalue weighted by molar-refractivity contribution is 0.0696. The van der Waals surface area contributed by atoms with E-state index in [1.807, 2.05) is 6.92 Å². The maximum Gasteiger partial charge on any atom is 0.335 e. The summed E-state index contributed by atoms with van der Waals surface area (Å²) in [5.74, 6) is -0.390. The van der Waals surface area contributed by atoms with Gasteiger partial charge in [-0.15, -0.1) is 0 Å². The number of hydrogen-bond acceptors (Lipinski definition) is 2. The van der Waals surface area contributed by atoms with Crippen LogP contribution in [0.25, 0.3) is 0 Å². The molecular weight excluding hydrogens is 192 g/mol. The highest BCUT2D eigenvalue weighted by atomic mass is 16.5. The molecule has 15 heavy (non-hydrogen) atoms. The van der Waals surface area contributed by atoms with E-state index in [9.17, 15) is 4.79 Å². The predicted molar refractivity (Wildman–Crippen MR) is 58.3 cm³/mol. The van der Waals surface area contributed by atoms with Crippen LogP contribution in [0.4, 0.5) is 0 Å². The second kappa shape index (κ2) is 5.20. The highest BCUT2D eigenvalue weighted by molar-refractivity contribution is 5.87. The van der Waals surface area contributed by atoms with Crippen LogP contribution >= 0.6 is 0 Å². The number of carbonyl (C=O) groups is 1. The Morgan fingerprint density at radius 1 is 1.53 bits per heavy atom. The molecule has 3 heteroatoms. The van der Waals surface area contributed by atoms with Gasteiger partial charge in [0.05, 0.1) is 5.56 Å². The van der Waals surface area contributed by atoms with E-state index >= 15 is 0 Å². The van der Waals surface area contributed by atoms with E-state index in [2.05, 4.69) is 6.58 Å². The van der Waals surface area contributed by atoms with Gasteiger partial charge in [-0.05, 0) is 30.2 Å². The van der Waals surface area contributed by atoms with E-state index < -0.39 is 5.97 Å². The number of benzene rings is 1. The minimum Gasteiger partial charge on any atom is -0.489 e. The molecule has 0 radical (unpaired) electrons. The Kier molecular flexibility index (Phi) is 3.92. The zero-order chi connectivity index (χ0) is 11.3. The Balaban J connectivity index is 2.66. The maximum atomic E-state index is 10.7. The molecule has 0 saturated carbocycles. The van der Waals surface area contributed by atoms with E-state index in [4.69, 9.17) is 9.84 Å². The van der Waals surface area contributed by atoms with Crippen molar-refractivity contribution in [2.45, 2.75) is 13.3 Å². The van der Waals surface area contributed by atoms with Crippen molar-refractivity contribution in [2.75, 3.05) is 6.61 Å². The van der Waals surface area contributed by atoms with Crippen LogP contribution in [0, 0.1) is 0 Å². The Hall–Kier alpha value is -1.77. The number of carboxylic acids is 1. The molecule has 1 rings (SSSR count). The molecule has 0 aromatic heterocycles. The first-order chi connectivity index (χ1) is 7.13. The fraction of sp³-hybridized carbons (Fsp3) is 0.250. The number of rotatable bonds is 5. The Morgan fingerprint density at radius 2 is 2.27 bits per heavy atom. The average molecular weight is 206 g/mol. The van der Waals surface area contributed by atoms with Gasteiger partial charge in [-0.25, -0.2) is 4.79 Å². The molecule has 3 nitrogen and oxygen atoms in total. The summed E-state index contributed by atoms with van der Waals surface area (Å²) in [7, 11) is 0. The average Bonchev–Trinajstić information content (AvgIpc) is 2.26. The van der Waals surface area contributed by atoms with Gasteiger partial charge in [-0.2, -0.15) is 0 Å². The highest BCUT2D eigenvalue weighted by Crippen LogP contribution is 2.14. The van der Waals surface area contributed by atoms with Crippen molar-refractivity contribution in [3.63, 3.8) is 0 Å². The largest absolute Gasteiger partial charge is 0.489 e. The van der Waals surface area contributed by atoms with Crippen molar-refractivity contribution in [1.29, 1.82) is 0 Å². The van der Waals surface area contributed by atoms with Crippen LogP contribution in [0.1, 0.15) is 23.7 Å². The molecule has 0 aliphatic heterocycles. The van der Waals surface area contributed by atoms with Crippen LogP contribution < -0.4 is 4.74 Å². The first-order valence-corrected chi connectivity index (χ1v) is 4.76. The highest BCUT2D eigenvalue weighted by Gasteiger charge is 2.03. The molecule has 1 aromatic rings. The second-order valence-electron chi connectivity index (χ2n) is 3.23. The predicted octanol–water partition coefficient (Wildman–Crippen LogP) is 2.73. The molecule has 1 aromatic carbocycles. The summed E-state index contributed by atoms with van der Waals surface area (Å²) >= 11 is 0. The number of ether oxygens (including phenoxy) is 1. The summed E-state index contributed by atoms with van der Waals surface area (Å²) in [5, 5.41) is 8.76. The standard InChI is InChI=1S/C12H14O3/c1-3-9(2)8-15-11-6-4-5-10(7-11)12(13)14/h4-7H,2-3,8H2,1H3,(H,13,14). The molecular formula is C12H14O3. The molecule has 0 saturated heterocycles. The second-order valence-corrected chi connectivity index (χ2v) is 3.23. The molecule has 0 spiro atoms. The van der Waals surface area contributed by atoms with Crippen LogP contribution in [0.3, 0.4) is 0 Å². The van der Waals surface area contributed by atoms with Gasteiger partial charge in [0.15, 0.2) is 0 Å². The number of aromatic carboxylic acids is 1. The minimum atomic E-state index is -0.949. The molecule has 0 atom stereocenters. The summed E-state index contributed by atoms with van der Waals surface area (Å²) in [4.78, 5) is 10.7. The van der Waals surface area contributed by atoms with Crippen LogP contribution in [-0.2, 0) is 0 Å². The van der Waals surface area contributed by atoms with Crippen LogP contribution in [0.15, 0.2) is 36.4 Å². The maximum absolute atomic E-state index is 10.7. The lowest BCUT2D eigenvalue weighted by Crippen LogP contribution is -2.01. The van der Waals surface area contributed by atoms with Crippen molar-refractivity contribution in [3.8, 4) is 5.75 Å². The molecule has 0 bridgehead atoms. The molecule has 1 N–H and O–H groups in total. The molecule has 0 aliphatic rings. The van der Waals surface area contributed by atoms with Gasteiger partial charge < -0.3 is 9.84 Å². The third-order valence-electron chi connectivity index (χ3n) is 2.02. The van der Waals surface area contributed by atoms with E-state index in [0.717, 1.165) is 12.0 Å². The molecule has 0 unspecified atom stereocenters. The molecule has 0 aliphatic carbocycles. The molecule has 0 heterocycles. The lowest BCUT2D eigenvalue weighted by Gasteiger charge is -2.07. The summed E-state index contributed by atoms with van der Waals surface area (Å²) in [6.07, 6.45) is 0.860.